The number of rotatable bonds is 5. The summed E-state index contributed by atoms with van der Waals surface area (Å²) in [5, 5.41) is 2.64. The van der Waals surface area contributed by atoms with Crippen LogP contribution in [-0.2, 0) is 0 Å². The average Bonchev–Trinajstić information content (AvgIpc) is 2.43. The van der Waals surface area contributed by atoms with Gasteiger partial charge in [0, 0.05) is 18.3 Å². The van der Waals surface area contributed by atoms with Crippen molar-refractivity contribution >= 4 is 28.5 Å². The van der Waals surface area contributed by atoms with Crippen molar-refractivity contribution in [3.05, 3.63) is 42.0 Å². The number of carbonyl (C=O) groups is 2. The van der Waals surface area contributed by atoms with E-state index in [-0.39, 0.29) is 11.0 Å². The summed E-state index contributed by atoms with van der Waals surface area (Å²) < 4.78 is 0. The first-order valence-corrected chi connectivity index (χ1v) is 7.02. The van der Waals surface area contributed by atoms with Crippen LogP contribution in [-0.4, -0.2) is 31.0 Å². The zero-order chi connectivity index (χ0) is 14.4. The molecule has 0 heterocycles. The smallest absolute Gasteiger partial charge is 0.280 e. The summed E-state index contributed by atoms with van der Waals surface area (Å²) in [5.74, 6) is -0.0846. The minimum Gasteiger partial charge on any atom is -0.356 e. The van der Waals surface area contributed by atoms with Gasteiger partial charge in [0.2, 0.25) is 0 Å². The lowest BCUT2D eigenvalue weighted by molar-refractivity contribution is 0.103. The molecule has 0 unspecified atom stereocenters. The molecule has 0 bridgehead atoms. The summed E-state index contributed by atoms with van der Waals surface area (Å²) in [4.78, 5) is 25.1. The molecule has 0 atom stereocenters. The Morgan fingerprint density at radius 1 is 1.37 bits per heavy atom. The van der Waals surface area contributed by atoms with Gasteiger partial charge >= 0.3 is 0 Å². The zero-order valence-corrected chi connectivity index (χ0v) is 12.2. The fourth-order valence-electron chi connectivity index (χ4n) is 1.57. The number of ketones is 1. The van der Waals surface area contributed by atoms with Gasteiger partial charge in [0.1, 0.15) is 0 Å². The van der Waals surface area contributed by atoms with Crippen molar-refractivity contribution in [2.75, 3.05) is 24.9 Å². The fraction of sp³-hybridized carbons (Fsp3) is 0.286. The van der Waals surface area contributed by atoms with E-state index in [9.17, 15) is 9.59 Å². The molecule has 1 amide bonds. The number of amides is 1. The molecule has 19 heavy (non-hydrogen) atoms. The number of anilines is 1. The normalized spacial score (nSPS) is 9.84. The van der Waals surface area contributed by atoms with Crippen LogP contribution in [0.3, 0.4) is 0 Å². The van der Waals surface area contributed by atoms with E-state index in [2.05, 4.69) is 11.9 Å². The summed E-state index contributed by atoms with van der Waals surface area (Å²) in [5.41, 5.74) is 1.86. The molecule has 4 nitrogen and oxygen atoms in total. The lowest BCUT2D eigenvalue weighted by Crippen LogP contribution is -2.34. The van der Waals surface area contributed by atoms with Crippen molar-refractivity contribution in [2.24, 2.45) is 0 Å². The van der Waals surface area contributed by atoms with E-state index in [0.29, 0.717) is 17.8 Å². The molecular weight excluding hydrogens is 260 g/mol. The SMILES string of the molecule is C=C(C)C(=O)c1ccccc1N(C)CNC(=O)SC. The number of thioether (sulfide) groups is 1. The third-order valence-corrected chi connectivity index (χ3v) is 3.11. The van der Waals surface area contributed by atoms with Gasteiger partial charge in [0.15, 0.2) is 5.78 Å². The van der Waals surface area contributed by atoms with Gasteiger partial charge in [-0.3, -0.25) is 9.59 Å². The first-order chi connectivity index (χ1) is 8.97. The molecule has 1 aromatic rings. The van der Waals surface area contributed by atoms with Crippen molar-refractivity contribution in [2.45, 2.75) is 6.92 Å². The highest BCUT2D eigenvalue weighted by Crippen LogP contribution is 2.21. The minimum absolute atomic E-state index is 0.0846. The van der Waals surface area contributed by atoms with Gasteiger partial charge in [-0.2, -0.15) is 0 Å². The van der Waals surface area contributed by atoms with E-state index < -0.39 is 0 Å². The number of carbonyl (C=O) groups excluding carboxylic acids is 2. The first kappa shape index (κ1) is 15.3. The predicted molar refractivity (Wildman–Crippen MR) is 80.9 cm³/mol. The second-order valence-electron chi connectivity index (χ2n) is 4.15. The van der Waals surface area contributed by atoms with Gasteiger partial charge in [-0.05, 0) is 30.9 Å². The summed E-state index contributed by atoms with van der Waals surface area (Å²) >= 11 is 1.12. The summed E-state index contributed by atoms with van der Waals surface area (Å²) in [6.45, 7) is 5.71. The van der Waals surface area contributed by atoms with Crippen LogP contribution < -0.4 is 10.2 Å². The molecule has 0 aliphatic heterocycles. The van der Waals surface area contributed by atoms with Crippen molar-refractivity contribution in [1.29, 1.82) is 0 Å². The van der Waals surface area contributed by atoms with Crippen LogP contribution in [0.1, 0.15) is 17.3 Å². The van der Waals surface area contributed by atoms with Gasteiger partial charge < -0.3 is 10.2 Å². The molecule has 102 valence electrons. The Bertz CT molecular complexity index is 500. The third-order valence-electron chi connectivity index (χ3n) is 2.59. The maximum absolute atomic E-state index is 12.0. The lowest BCUT2D eigenvalue weighted by atomic mass is 10.0. The summed E-state index contributed by atoms with van der Waals surface area (Å²) in [6.07, 6.45) is 1.72. The van der Waals surface area contributed by atoms with E-state index >= 15 is 0 Å². The second kappa shape index (κ2) is 6.99. The Balaban J connectivity index is 2.91. The van der Waals surface area contributed by atoms with Crippen LogP contribution in [0.15, 0.2) is 36.4 Å². The quantitative estimate of drug-likeness (QED) is 0.511. The molecule has 0 aliphatic rings. The van der Waals surface area contributed by atoms with Crippen LogP contribution in [0.4, 0.5) is 10.5 Å². The van der Waals surface area contributed by atoms with Gasteiger partial charge in [-0.1, -0.05) is 30.5 Å². The largest absolute Gasteiger partial charge is 0.356 e. The highest BCUT2D eigenvalue weighted by molar-refractivity contribution is 8.12. The van der Waals surface area contributed by atoms with E-state index in [1.165, 1.54) is 0 Å². The van der Waals surface area contributed by atoms with Gasteiger partial charge in [-0.25, -0.2) is 0 Å². The molecule has 0 aliphatic carbocycles. The summed E-state index contributed by atoms with van der Waals surface area (Å²) in [7, 11) is 1.82. The Morgan fingerprint density at radius 2 is 2.00 bits per heavy atom. The van der Waals surface area contributed by atoms with Gasteiger partial charge in [0.05, 0.1) is 6.67 Å². The maximum Gasteiger partial charge on any atom is 0.280 e. The molecule has 0 spiro atoms. The topological polar surface area (TPSA) is 49.4 Å². The minimum atomic E-state index is -0.101. The number of allylic oxidation sites excluding steroid dienone is 1. The number of Topliss-reactive ketones (excluding diaryl/α,β-unsaturated/α-hetero) is 1. The van der Waals surface area contributed by atoms with E-state index in [1.807, 2.05) is 30.1 Å². The third kappa shape index (κ3) is 4.13. The maximum atomic E-state index is 12.0. The Labute approximate surface area is 117 Å². The predicted octanol–water partition coefficient (Wildman–Crippen LogP) is 2.91. The molecule has 0 aromatic heterocycles. The Hall–Kier alpha value is -1.75. The molecule has 1 N–H and O–H groups in total. The number of hydrogen-bond donors (Lipinski definition) is 1. The van der Waals surface area contributed by atoms with Crippen LogP contribution >= 0.6 is 11.8 Å². The van der Waals surface area contributed by atoms with Crippen LogP contribution in [0.2, 0.25) is 0 Å². The Kier molecular flexibility index (Phi) is 5.63. The van der Waals surface area contributed by atoms with Gasteiger partial charge in [0.25, 0.3) is 5.24 Å². The Morgan fingerprint density at radius 3 is 2.58 bits per heavy atom. The zero-order valence-electron chi connectivity index (χ0n) is 11.4. The molecular formula is C14H18N2O2S. The van der Waals surface area contributed by atoms with E-state index in [1.54, 1.807) is 19.2 Å². The highest BCUT2D eigenvalue weighted by atomic mass is 32.2. The van der Waals surface area contributed by atoms with Crippen molar-refractivity contribution in [3.63, 3.8) is 0 Å². The van der Waals surface area contributed by atoms with E-state index in [4.69, 9.17) is 0 Å². The van der Waals surface area contributed by atoms with Crippen molar-refractivity contribution in [1.82, 2.24) is 5.32 Å². The highest BCUT2D eigenvalue weighted by Gasteiger charge is 2.14. The molecule has 0 radical (unpaired) electrons. The number of benzene rings is 1. The van der Waals surface area contributed by atoms with Crippen molar-refractivity contribution < 1.29 is 9.59 Å². The van der Waals surface area contributed by atoms with Crippen LogP contribution in [0, 0.1) is 0 Å². The van der Waals surface area contributed by atoms with E-state index in [0.717, 1.165) is 17.4 Å². The number of para-hydroxylation sites is 1. The van der Waals surface area contributed by atoms with Crippen LogP contribution in [0.5, 0.6) is 0 Å². The van der Waals surface area contributed by atoms with Crippen molar-refractivity contribution in [3.8, 4) is 0 Å². The summed E-state index contributed by atoms with van der Waals surface area (Å²) in [6, 6.07) is 7.28. The molecule has 0 saturated heterocycles. The standard InChI is InChI=1S/C14H18N2O2S/c1-10(2)13(17)11-7-5-6-8-12(11)16(3)9-15-14(18)19-4/h5-8H,1,9H2,2-4H3,(H,15,18). The second-order valence-corrected chi connectivity index (χ2v) is 4.93. The molecule has 5 heteroatoms. The monoisotopic (exact) mass is 278 g/mol. The average molecular weight is 278 g/mol. The molecule has 1 aromatic carbocycles. The fourth-order valence-corrected chi connectivity index (χ4v) is 1.78. The number of nitrogens with zero attached hydrogens (tertiary/aromatic N) is 1. The number of nitrogens with one attached hydrogen (secondary N) is 1. The number of hydrogen-bond acceptors (Lipinski definition) is 4. The van der Waals surface area contributed by atoms with Crippen LogP contribution in [0.25, 0.3) is 0 Å². The molecule has 1 rings (SSSR count). The molecule has 0 saturated carbocycles. The van der Waals surface area contributed by atoms with Gasteiger partial charge in [-0.15, -0.1) is 0 Å². The lowest BCUT2D eigenvalue weighted by Gasteiger charge is -2.22. The first-order valence-electron chi connectivity index (χ1n) is 5.79. The molecule has 0 fully saturated rings.